The highest BCUT2D eigenvalue weighted by Crippen LogP contribution is 2.21. The van der Waals surface area contributed by atoms with Gasteiger partial charge in [0.1, 0.15) is 6.04 Å². The fourth-order valence-electron chi connectivity index (χ4n) is 2.98. The maximum absolute atomic E-state index is 12.4. The van der Waals surface area contributed by atoms with Crippen LogP contribution in [0, 0.1) is 0 Å². The molecule has 0 aromatic heterocycles. The molecule has 6 heteroatoms. The minimum atomic E-state index is -0.486. The molecular formula is C13H23N3O3. The SMILES string of the molecule is CCOC1CCN(C(=O)[C@@H]2CCCN2C(N)=O)CC1. The summed E-state index contributed by atoms with van der Waals surface area (Å²) < 4.78 is 5.57. The van der Waals surface area contributed by atoms with E-state index in [1.807, 2.05) is 11.8 Å². The van der Waals surface area contributed by atoms with Crippen LogP contribution in [0.25, 0.3) is 0 Å². The summed E-state index contributed by atoms with van der Waals surface area (Å²) in [6.07, 6.45) is 3.61. The Morgan fingerprint density at radius 3 is 2.47 bits per heavy atom. The molecule has 2 aliphatic heterocycles. The van der Waals surface area contributed by atoms with Gasteiger partial charge in [0.25, 0.3) is 0 Å². The first kappa shape index (κ1) is 14.1. The van der Waals surface area contributed by atoms with Crippen LogP contribution in [-0.2, 0) is 9.53 Å². The summed E-state index contributed by atoms with van der Waals surface area (Å²) in [5.41, 5.74) is 5.31. The second kappa shape index (κ2) is 6.23. The Bertz CT molecular complexity index is 340. The molecule has 19 heavy (non-hydrogen) atoms. The zero-order valence-electron chi connectivity index (χ0n) is 11.5. The molecule has 6 nitrogen and oxygen atoms in total. The van der Waals surface area contributed by atoms with Crippen LogP contribution >= 0.6 is 0 Å². The third kappa shape index (κ3) is 3.18. The van der Waals surface area contributed by atoms with Gasteiger partial charge >= 0.3 is 6.03 Å². The largest absolute Gasteiger partial charge is 0.378 e. The molecule has 0 aromatic rings. The number of piperidine rings is 1. The number of amides is 3. The van der Waals surface area contributed by atoms with E-state index in [1.165, 1.54) is 4.90 Å². The lowest BCUT2D eigenvalue weighted by Crippen LogP contribution is -2.51. The number of hydrogen-bond donors (Lipinski definition) is 1. The molecule has 0 aliphatic carbocycles. The van der Waals surface area contributed by atoms with Gasteiger partial charge in [-0.2, -0.15) is 0 Å². The molecule has 108 valence electrons. The first-order valence-corrected chi connectivity index (χ1v) is 7.10. The molecule has 1 atom stereocenters. The minimum Gasteiger partial charge on any atom is -0.378 e. The van der Waals surface area contributed by atoms with Crippen molar-refractivity contribution in [2.24, 2.45) is 5.73 Å². The molecule has 2 saturated heterocycles. The molecule has 0 bridgehead atoms. The van der Waals surface area contributed by atoms with Crippen molar-refractivity contribution in [3.63, 3.8) is 0 Å². The summed E-state index contributed by atoms with van der Waals surface area (Å²) in [7, 11) is 0. The van der Waals surface area contributed by atoms with Crippen LogP contribution in [0.15, 0.2) is 0 Å². The monoisotopic (exact) mass is 269 g/mol. The van der Waals surface area contributed by atoms with Crippen LogP contribution in [-0.4, -0.2) is 60.1 Å². The van der Waals surface area contributed by atoms with E-state index < -0.39 is 6.03 Å². The highest BCUT2D eigenvalue weighted by Gasteiger charge is 2.36. The molecule has 3 amide bonds. The average molecular weight is 269 g/mol. The van der Waals surface area contributed by atoms with E-state index in [-0.39, 0.29) is 18.1 Å². The van der Waals surface area contributed by atoms with E-state index >= 15 is 0 Å². The number of hydrogen-bond acceptors (Lipinski definition) is 3. The summed E-state index contributed by atoms with van der Waals surface area (Å²) >= 11 is 0. The number of carbonyl (C=O) groups excluding carboxylic acids is 2. The third-order valence-corrected chi connectivity index (χ3v) is 3.98. The number of nitrogens with two attached hydrogens (primary N) is 1. The average Bonchev–Trinajstić information content (AvgIpc) is 2.88. The lowest BCUT2D eigenvalue weighted by Gasteiger charge is -2.35. The van der Waals surface area contributed by atoms with Crippen molar-refractivity contribution in [3.05, 3.63) is 0 Å². The summed E-state index contributed by atoms with van der Waals surface area (Å²) in [6.45, 7) is 4.73. The summed E-state index contributed by atoms with van der Waals surface area (Å²) in [5, 5.41) is 0. The third-order valence-electron chi connectivity index (χ3n) is 3.98. The zero-order valence-corrected chi connectivity index (χ0v) is 11.5. The van der Waals surface area contributed by atoms with Crippen molar-refractivity contribution in [2.45, 2.75) is 44.8 Å². The minimum absolute atomic E-state index is 0.0475. The van der Waals surface area contributed by atoms with Gasteiger partial charge < -0.3 is 20.3 Å². The van der Waals surface area contributed by atoms with Crippen LogP contribution in [0.4, 0.5) is 4.79 Å². The second-order valence-electron chi connectivity index (χ2n) is 5.17. The lowest BCUT2D eigenvalue weighted by atomic mass is 10.1. The predicted molar refractivity (Wildman–Crippen MR) is 70.5 cm³/mol. The van der Waals surface area contributed by atoms with Crippen molar-refractivity contribution in [3.8, 4) is 0 Å². The van der Waals surface area contributed by atoms with Crippen molar-refractivity contribution in [1.82, 2.24) is 9.80 Å². The van der Waals surface area contributed by atoms with Crippen LogP contribution in [0.3, 0.4) is 0 Å². The molecule has 2 N–H and O–H groups in total. The van der Waals surface area contributed by atoms with Gasteiger partial charge in [0.2, 0.25) is 5.91 Å². The Labute approximate surface area is 113 Å². The Hall–Kier alpha value is -1.30. The van der Waals surface area contributed by atoms with Gasteiger partial charge in [0.05, 0.1) is 6.10 Å². The van der Waals surface area contributed by atoms with Crippen LogP contribution in [0.5, 0.6) is 0 Å². The first-order chi connectivity index (χ1) is 9.13. The van der Waals surface area contributed by atoms with E-state index in [4.69, 9.17) is 10.5 Å². The van der Waals surface area contributed by atoms with Crippen LogP contribution in [0.2, 0.25) is 0 Å². The molecule has 0 unspecified atom stereocenters. The molecule has 0 spiro atoms. The number of ether oxygens (including phenoxy) is 1. The Balaban J connectivity index is 1.89. The van der Waals surface area contributed by atoms with E-state index in [1.54, 1.807) is 0 Å². The van der Waals surface area contributed by atoms with E-state index in [2.05, 4.69) is 0 Å². The Morgan fingerprint density at radius 2 is 1.89 bits per heavy atom. The number of carbonyl (C=O) groups is 2. The van der Waals surface area contributed by atoms with Gasteiger partial charge in [0, 0.05) is 26.2 Å². The van der Waals surface area contributed by atoms with Crippen molar-refractivity contribution in [2.75, 3.05) is 26.2 Å². The molecule has 0 radical (unpaired) electrons. The Morgan fingerprint density at radius 1 is 1.21 bits per heavy atom. The van der Waals surface area contributed by atoms with E-state index in [0.717, 1.165) is 32.3 Å². The highest BCUT2D eigenvalue weighted by molar-refractivity contribution is 5.87. The fraction of sp³-hybridized carbons (Fsp3) is 0.846. The maximum Gasteiger partial charge on any atom is 0.315 e. The quantitative estimate of drug-likeness (QED) is 0.813. The molecular weight excluding hydrogens is 246 g/mol. The number of primary amides is 1. The molecule has 2 heterocycles. The van der Waals surface area contributed by atoms with Crippen LogP contribution in [0.1, 0.15) is 32.6 Å². The number of likely N-dealkylation sites (tertiary alicyclic amines) is 2. The molecule has 2 aliphatic rings. The molecule has 0 saturated carbocycles. The number of urea groups is 1. The van der Waals surface area contributed by atoms with Crippen molar-refractivity contribution in [1.29, 1.82) is 0 Å². The van der Waals surface area contributed by atoms with Crippen molar-refractivity contribution < 1.29 is 14.3 Å². The zero-order chi connectivity index (χ0) is 13.8. The molecule has 0 aromatic carbocycles. The van der Waals surface area contributed by atoms with Crippen LogP contribution < -0.4 is 5.73 Å². The number of nitrogens with zero attached hydrogens (tertiary/aromatic N) is 2. The van der Waals surface area contributed by atoms with E-state index in [9.17, 15) is 9.59 Å². The van der Waals surface area contributed by atoms with Gasteiger partial charge in [-0.15, -0.1) is 0 Å². The van der Waals surface area contributed by atoms with Crippen molar-refractivity contribution >= 4 is 11.9 Å². The fourth-order valence-corrected chi connectivity index (χ4v) is 2.98. The normalized spacial score (nSPS) is 24.8. The van der Waals surface area contributed by atoms with Gasteiger partial charge in [-0.1, -0.05) is 0 Å². The summed E-state index contributed by atoms with van der Waals surface area (Å²) in [4.78, 5) is 27.1. The topological polar surface area (TPSA) is 75.9 Å². The van der Waals surface area contributed by atoms with Gasteiger partial charge in [-0.05, 0) is 32.6 Å². The Kier molecular flexibility index (Phi) is 4.63. The number of rotatable bonds is 3. The second-order valence-corrected chi connectivity index (χ2v) is 5.17. The summed E-state index contributed by atoms with van der Waals surface area (Å²) in [5.74, 6) is 0.0475. The standard InChI is InChI=1S/C13H23N3O3/c1-2-19-10-5-8-15(9-6-10)12(17)11-4-3-7-16(11)13(14)18/h10-11H,2-9H2,1H3,(H2,14,18)/t11-/m0/s1. The van der Waals surface area contributed by atoms with Gasteiger partial charge in [-0.3, -0.25) is 4.79 Å². The smallest absolute Gasteiger partial charge is 0.315 e. The van der Waals surface area contributed by atoms with Gasteiger partial charge in [-0.25, -0.2) is 4.79 Å². The predicted octanol–water partition coefficient (Wildman–Crippen LogP) is 0.557. The molecule has 2 fully saturated rings. The molecule has 2 rings (SSSR count). The maximum atomic E-state index is 12.4. The van der Waals surface area contributed by atoms with Gasteiger partial charge in [0.15, 0.2) is 0 Å². The highest BCUT2D eigenvalue weighted by atomic mass is 16.5. The summed E-state index contributed by atoms with van der Waals surface area (Å²) in [6, 6.07) is -0.832. The van der Waals surface area contributed by atoms with E-state index in [0.29, 0.717) is 19.6 Å². The lowest BCUT2D eigenvalue weighted by molar-refractivity contribution is -0.137. The first-order valence-electron chi connectivity index (χ1n) is 7.10.